The van der Waals surface area contributed by atoms with E-state index in [0.717, 1.165) is 25.5 Å². The fourth-order valence-corrected chi connectivity index (χ4v) is 4.22. The highest BCUT2D eigenvalue weighted by Crippen LogP contribution is 2.23. The van der Waals surface area contributed by atoms with Crippen LogP contribution in [0.15, 0.2) is 4.99 Å². The number of hydrogen-bond donors (Lipinski definition) is 3. The summed E-state index contributed by atoms with van der Waals surface area (Å²) in [5, 5.41) is 6.25. The molecule has 0 amide bonds. The Bertz CT molecular complexity index is 585. The molecule has 0 atom stereocenters. The molecule has 0 aromatic rings. The molecule has 0 aromatic carbocycles. The summed E-state index contributed by atoms with van der Waals surface area (Å²) >= 11 is 0. The number of alkyl halides is 3. The molecule has 0 radical (unpaired) electrons. The van der Waals surface area contributed by atoms with Gasteiger partial charge in [0.05, 0.1) is 12.8 Å². The Morgan fingerprint density at radius 3 is 2.26 bits per heavy atom. The zero-order valence-electron chi connectivity index (χ0n) is 16.5. The Morgan fingerprint density at radius 2 is 1.78 bits per heavy atom. The first-order chi connectivity index (χ1) is 12.3. The van der Waals surface area contributed by atoms with E-state index < -0.39 is 28.3 Å². The van der Waals surface area contributed by atoms with Crippen molar-refractivity contribution in [2.75, 3.05) is 46.0 Å². The average Bonchev–Trinajstić information content (AvgIpc) is 2.48. The van der Waals surface area contributed by atoms with Crippen LogP contribution < -0.4 is 15.4 Å². The van der Waals surface area contributed by atoms with Crippen molar-refractivity contribution in [3.05, 3.63) is 0 Å². The molecule has 1 heterocycles. The van der Waals surface area contributed by atoms with Gasteiger partial charge in [-0.05, 0) is 52.1 Å². The highest BCUT2D eigenvalue weighted by atomic mass is 32.2. The fraction of sp³-hybridized carbons (Fsp3) is 0.938. The topological polar surface area (TPSA) is 85.8 Å². The number of rotatable bonds is 8. The van der Waals surface area contributed by atoms with Crippen molar-refractivity contribution in [1.29, 1.82) is 0 Å². The van der Waals surface area contributed by atoms with Crippen molar-refractivity contribution in [3.8, 4) is 0 Å². The summed E-state index contributed by atoms with van der Waals surface area (Å²) in [5.41, 5.74) is -0.670. The third-order valence-electron chi connectivity index (χ3n) is 4.34. The average molecular weight is 416 g/mol. The molecule has 27 heavy (non-hydrogen) atoms. The lowest BCUT2D eigenvalue weighted by molar-refractivity contribution is -0.148. The maximum absolute atomic E-state index is 12.4. The lowest BCUT2D eigenvalue weighted by atomic mass is 9.93. The van der Waals surface area contributed by atoms with Gasteiger partial charge in [0.1, 0.15) is 0 Å². The van der Waals surface area contributed by atoms with E-state index in [1.54, 1.807) is 20.9 Å². The van der Waals surface area contributed by atoms with Gasteiger partial charge in [0.2, 0.25) is 10.0 Å². The van der Waals surface area contributed by atoms with E-state index in [2.05, 4.69) is 20.3 Å². The van der Waals surface area contributed by atoms with Crippen LogP contribution in [-0.4, -0.2) is 77.0 Å². The van der Waals surface area contributed by atoms with Crippen LogP contribution in [0.4, 0.5) is 13.2 Å². The minimum Gasteiger partial charge on any atom is -0.356 e. The van der Waals surface area contributed by atoms with Crippen molar-refractivity contribution < 1.29 is 21.6 Å². The van der Waals surface area contributed by atoms with E-state index >= 15 is 0 Å². The molecule has 0 aliphatic carbocycles. The molecule has 1 aliphatic heterocycles. The summed E-state index contributed by atoms with van der Waals surface area (Å²) in [7, 11) is -1.68. The van der Waals surface area contributed by atoms with Crippen molar-refractivity contribution in [3.63, 3.8) is 0 Å². The lowest BCUT2D eigenvalue weighted by Crippen LogP contribution is -2.53. The van der Waals surface area contributed by atoms with Gasteiger partial charge in [-0.3, -0.25) is 9.89 Å². The first kappa shape index (κ1) is 24.0. The molecular formula is C16H32F3N5O2S. The highest BCUT2D eigenvalue weighted by molar-refractivity contribution is 7.88. The molecular weight excluding hydrogens is 383 g/mol. The number of nitrogens with one attached hydrogen (secondary N) is 3. The van der Waals surface area contributed by atoms with Crippen LogP contribution in [0, 0.1) is 5.92 Å². The van der Waals surface area contributed by atoms with Crippen LogP contribution in [0.3, 0.4) is 0 Å². The highest BCUT2D eigenvalue weighted by Gasteiger charge is 2.32. The Balaban J connectivity index is 2.28. The Hall–Kier alpha value is -1.07. The molecule has 1 aliphatic rings. The quantitative estimate of drug-likeness (QED) is 0.409. The summed E-state index contributed by atoms with van der Waals surface area (Å²) in [6.45, 7) is 4.67. The summed E-state index contributed by atoms with van der Waals surface area (Å²) in [6.07, 6.45) is -0.649. The van der Waals surface area contributed by atoms with Gasteiger partial charge in [0.25, 0.3) is 0 Å². The number of piperidine rings is 1. The van der Waals surface area contributed by atoms with Gasteiger partial charge in [-0.2, -0.15) is 13.2 Å². The SMILES string of the molecule is CN=C(NCCC1CCN(CC(F)(F)F)CC1)NCC(C)(C)NS(C)(=O)=O. The van der Waals surface area contributed by atoms with Crippen LogP contribution in [0.5, 0.6) is 0 Å². The molecule has 3 N–H and O–H groups in total. The largest absolute Gasteiger partial charge is 0.401 e. The van der Waals surface area contributed by atoms with Crippen molar-refractivity contribution >= 4 is 16.0 Å². The van der Waals surface area contributed by atoms with Gasteiger partial charge in [-0.15, -0.1) is 0 Å². The molecule has 1 rings (SSSR count). The normalized spacial score (nSPS) is 18.6. The number of halogens is 3. The number of guanidine groups is 1. The Labute approximate surface area is 160 Å². The number of nitrogens with zero attached hydrogens (tertiary/aromatic N) is 2. The van der Waals surface area contributed by atoms with Crippen LogP contribution in [-0.2, 0) is 10.0 Å². The van der Waals surface area contributed by atoms with E-state index in [1.165, 1.54) is 4.90 Å². The molecule has 1 saturated heterocycles. The molecule has 0 bridgehead atoms. The first-order valence-corrected chi connectivity index (χ1v) is 10.9. The van der Waals surface area contributed by atoms with Crippen LogP contribution in [0.2, 0.25) is 0 Å². The monoisotopic (exact) mass is 415 g/mol. The van der Waals surface area contributed by atoms with Crippen LogP contribution in [0.1, 0.15) is 33.1 Å². The Morgan fingerprint density at radius 1 is 1.19 bits per heavy atom. The second-order valence-electron chi connectivity index (χ2n) is 7.73. The summed E-state index contributed by atoms with van der Waals surface area (Å²) in [4.78, 5) is 5.57. The van der Waals surface area contributed by atoms with Crippen LogP contribution in [0.25, 0.3) is 0 Å². The summed E-state index contributed by atoms with van der Waals surface area (Å²) < 4.78 is 62.5. The fourth-order valence-electron chi connectivity index (χ4n) is 3.14. The minimum atomic E-state index is -4.13. The van der Waals surface area contributed by atoms with E-state index in [4.69, 9.17) is 0 Å². The molecule has 0 spiro atoms. The summed E-state index contributed by atoms with van der Waals surface area (Å²) in [6, 6.07) is 0. The van der Waals surface area contributed by atoms with E-state index in [1.807, 2.05) is 0 Å². The van der Waals surface area contributed by atoms with Gasteiger partial charge < -0.3 is 10.6 Å². The molecule has 160 valence electrons. The predicted octanol–water partition coefficient (Wildman–Crippen LogP) is 1.14. The van der Waals surface area contributed by atoms with Crippen molar-refractivity contribution in [1.82, 2.24) is 20.3 Å². The molecule has 7 nitrogen and oxygen atoms in total. The second-order valence-corrected chi connectivity index (χ2v) is 9.48. The number of likely N-dealkylation sites (tertiary alicyclic amines) is 1. The van der Waals surface area contributed by atoms with Crippen molar-refractivity contribution in [2.45, 2.75) is 44.8 Å². The number of aliphatic imine (C=N–C) groups is 1. The van der Waals surface area contributed by atoms with Crippen molar-refractivity contribution in [2.24, 2.45) is 10.9 Å². The zero-order valence-corrected chi connectivity index (χ0v) is 17.3. The molecule has 11 heteroatoms. The second kappa shape index (κ2) is 9.92. The molecule has 0 unspecified atom stereocenters. The van der Waals surface area contributed by atoms with E-state index in [0.29, 0.717) is 38.1 Å². The maximum atomic E-state index is 12.4. The Kier molecular flexibility index (Phi) is 8.81. The zero-order chi connectivity index (χ0) is 20.7. The number of sulfonamides is 1. The van der Waals surface area contributed by atoms with E-state index in [9.17, 15) is 21.6 Å². The van der Waals surface area contributed by atoms with Gasteiger partial charge in [-0.25, -0.2) is 13.1 Å². The standard InChI is InChI=1S/C16H32F3N5O2S/c1-15(2,23-27(4,25)26)11-22-14(20-3)21-8-5-13-6-9-24(10-7-13)12-16(17,18)19/h13,23H,5-12H2,1-4H3,(H2,20,21,22). The minimum absolute atomic E-state index is 0.357. The smallest absolute Gasteiger partial charge is 0.356 e. The van der Waals surface area contributed by atoms with Crippen LogP contribution >= 0.6 is 0 Å². The van der Waals surface area contributed by atoms with Gasteiger partial charge in [-0.1, -0.05) is 0 Å². The third-order valence-corrected chi connectivity index (χ3v) is 5.26. The predicted molar refractivity (Wildman–Crippen MR) is 101 cm³/mol. The third kappa shape index (κ3) is 11.4. The number of hydrogen-bond acceptors (Lipinski definition) is 4. The van der Waals surface area contributed by atoms with Gasteiger partial charge in [0.15, 0.2) is 5.96 Å². The molecule has 0 saturated carbocycles. The lowest BCUT2D eigenvalue weighted by Gasteiger charge is -2.32. The molecule has 1 fully saturated rings. The summed E-state index contributed by atoms with van der Waals surface area (Å²) in [5.74, 6) is 0.955. The first-order valence-electron chi connectivity index (χ1n) is 9.02. The van der Waals surface area contributed by atoms with E-state index in [-0.39, 0.29) is 0 Å². The van der Waals surface area contributed by atoms with Gasteiger partial charge in [0, 0.05) is 25.7 Å². The maximum Gasteiger partial charge on any atom is 0.401 e. The molecule has 0 aromatic heterocycles. The van der Waals surface area contributed by atoms with Gasteiger partial charge >= 0.3 is 6.18 Å².